The fraction of sp³-hybridized carbons (Fsp3) is 0.286. The van der Waals surface area contributed by atoms with Crippen LogP contribution in [0.25, 0.3) is 0 Å². The SMILES string of the molecule is COc1ccc(N/N=C(\C#N)C(=N)N)c(NC(=O)C(C)C)c1. The number of nitrogens with zero attached hydrogens (tertiary/aromatic N) is 2. The van der Waals surface area contributed by atoms with Gasteiger partial charge in [0.05, 0.1) is 18.5 Å². The summed E-state index contributed by atoms with van der Waals surface area (Å²) in [6.45, 7) is 3.54. The van der Waals surface area contributed by atoms with E-state index in [9.17, 15) is 4.79 Å². The summed E-state index contributed by atoms with van der Waals surface area (Å²) in [4.78, 5) is 11.8. The van der Waals surface area contributed by atoms with E-state index in [4.69, 9.17) is 21.1 Å². The Hall–Kier alpha value is -3.08. The monoisotopic (exact) mass is 302 g/mol. The number of carbonyl (C=O) groups excluding carboxylic acids is 1. The number of hydrogen-bond acceptors (Lipinski definition) is 6. The van der Waals surface area contributed by atoms with Crippen molar-refractivity contribution in [3.8, 4) is 11.8 Å². The van der Waals surface area contributed by atoms with Gasteiger partial charge in [0.15, 0.2) is 5.84 Å². The predicted octanol–water partition coefficient (Wildman–Crippen LogP) is 1.52. The highest BCUT2D eigenvalue weighted by atomic mass is 16.5. The van der Waals surface area contributed by atoms with Crippen LogP contribution in [0.15, 0.2) is 23.3 Å². The lowest BCUT2D eigenvalue weighted by Crippen LogP contribution is -2.22. The Morgan fingerprint density at radius 3 is 2.64 bits per heavy atom. The van der Waals surface area contributed by atoms with Crippen molar-refractivity contribution in [2.45, 2.75) is 13.8 Å². The maximum absolute atomic E-state index is 11.8. The van der Waals surface area contributed by atoms with Gasteiger partial charge in [0.1, 0.15) is 11.8 Å². The summed E-state index contributed by atoms with van der Waals surface area (Å²) in [6.07, 6.45) is 0. The molecule has 0 aliphatic heterocycles. The number of hydrogen-bond donors (Lipinski definition) is 4. The standard InChI is InChI=1S/C14H18N6O2/c1-8(2)14(21)18-11-6-9(22-3)4-5-10(11)19-20-12(7-15)13(16)17/h4-6,8,19H,1-3H3,(H3,16,17)(H,18,21)/b20-12+. The highest BCUT2D eigenvalue weighted by Gasteiger charge is 2.12. The first-order valence-electron chi connectivity index (χ1n) is 6.46. The number of hydrazone groups is 1. The maximum atomic E-state index is 11.8. The smallest absolute Gasteiger partial charge is 0.226 e. The third-order valence-corrected chi connectivity index (χ3v) is 2.66. The molecule has 116 valence electrons. The molecular weight excluding hydrogens is 284 g/mol. The predicted molar refractivity (Wildman–Crippen MR) is 85.0 cm³/mol. The fourth-order valence-corrected chi connectivity index (χ4v) is 1.39. The third kappa shape index (κ3) is 4.49. The van der Waals surface area contributed by atoms with Crippen LogP contribution >= 0.6 is 0 Å². The number of amides is 1. The van der Waals surface area contributed by atoms with Gasteiger partial charge in [-0.15, -0.1) is 0 Å². The molecule has 0 saturated heterocycles. The zero-order valence-corrected chi connectivity index (χ0v) is 12.6. The number of nitrogens with two attached hydrogens (primary N) is 1. The molecule has 5 N–H and O–H groups in total. The van der Waals surface area contributed by atoms with Crippen LogP contribution in [0, 0.1) is 22.7 Å². The summed E-state index contributed by atoms with van der Waals surface area (Å²) in [5, 5.41) is 22.5. The number of ether oxygens (including phenoxy) is 1. The van der Waals surface area contributed by atoms with Crippen molar-refractivity contribution >= 4 is 28.8 Å². The molecule has 1 rings (SSSR count). The minimum atomic E-state index is -0.448. The second kappa shape index (κ2) is 7.64. The second-order valence-corrected chi connectivity index (χ2v) is 4.65. The first kappa shape index (κ1) is 17.0. The summed E-state index contributed by atoms with van der Waals surface area (Å²) in [7, 11) is 1.51. The molecule has 0 spiro atoms. The second-order valence-electron chi connectivity index (χ2n) is 4.65. The molecule has 22 heavy (non-hydrogen) atoms. The number of anilines is 2. The number of benzene rings is 1. The minimum absolute atomic E-state index is 0.174. The van der Waals surface area contributed by atoms with Gasteiger partial charge in [-0.2, -0.15) is 10.4 Å². The van der Waals surface area contributed by atoms with E-state index in [-0.39, 0.29) is 17.5 Å². The Balaban J connectivity index is 3.10. The Kier molecular flexibility index (Phi) is 5.89. The molecule has 0 atom stereocenters. The zero-order valence-electron chi connectivity index (χ0n) is 12.6. The van der Waals surface area contributed by atoms with Crippen molar-refractivity contribution in [2.75, 3.05) is 17.9 Å². The summed E-state index contributed by atoms with van der Waals surface area (Å²) in [5.74, 6) is -0.265. The summed E-state index contributed by atoms with van der Waals surface area (Å²) in [6, 6.07) is 6.62. The molecule has 0 unspecified atom stereocenters. The third-order valence-electron chi connectivity index (χ3n) is 2.66. The van der Waals surface area contributed by atoms with Gasteiger partial charge in [-0.3, -0.25) is 15.6 Å². The van der Waals surface area contributed by atoms with Crippen molar-refractivity contribution in [3.05, 3.63) is 18.2 Å². The highest BCUT2D eigenvalue weighted by molar-refractivity contribution is 6.45. The molecule has 0 aliphatic carbocycles. The zero-order chi connectivity index (χ0) is 16.7. The van der Waals surface area contributed by atoms with E-state index in [1.54, 1.807) is 38.1 Å². The van der Waals surface area contributed by atoms with Gasteiger partial charge in [-0.25, -0.2) is 0 Å². The fourth-order valence-electron chi connectivity index (χ4n) is 1.39. The number of amidine groups is 1. The largest absolute Gasteiger partial charge is 0.497 e. The lowest BCUT2D eigenvalue weighted by Gasteiger charge is -2.13. The van der Waals surface area contributed by atoms with E-state index in [1.165, 1.54) is 7.11 Å². The number of rotatable bonds is 6. The van der Waals surface area contributed by atoms with Crippen LogP contribution in [0.4, 0.5) is 11.4 Å². The molecule has 1 amide bonds. The average Bonchev–Trinajstić information content (AvgIpc) is 2.48. The van der Waals surface area contributed by atoms with Crippen molar-refractivity contribution in [1.29, 1.82) is 10.7 Å². The van der Waals surface area contributed by atoms with E-state index in [2.05, 4.69) is 15.8 Å². The molecule has 0 aliphatic rings. The van der Waals surface area contributed by atoms with Crippen LogP contribution in [0.5, 0.6) is 5.75 Å². The van der Waals surface area contributed by atoms with Crippen LogP contribution in [0.3, 0.4) is 0 Å². The molecule has 0 saturated carbocycles. The summed E-state index contributed by atoms with van der Waals surface area (Å²) in [5.41, 5.74) is 8.47. The van der Waals surface area contributed by atoms with Crippen LogP contribution in [-0.2, 0) is 4.79 Å². The number of carbonyl (C=O) groups is 1. The molecule has 0 radical (unpaired) electrons. The first-order valence-corrected chi connectivity index (χ1v) is 6.46. The number of nitrogens with one attached hydrogen (secondary N) is 3. The van der Waals surface area contributed by atoms with Gasteiger partial charge >= 0.3 is 0 Å². The Bertz CT molecular complexity index is 645. The number of nitriles is 1. The van der Waals surface area contributed by atoms with Gasteiger partial charge in [0.25, 0.3) is 0 Å². The molecule has 0 fully saturated rings. The summed E-state index contributed by atoms with van der Waals surface area (Å²) >= 11 is 0. The van der Waals surface area contributed by atoms with E-state index >= 15 is 0 Å². The van der Waals surface area contributed by atoms with Crippen LogP contribution in [0.2, 0.25) is 0 Å². The van der Waals surface area contributed by atoms with Gasteiger partial charge in [-0.05, 0) is 12.1 Å². The number of methoxy groups -OCH3 is 1. The molecule has 0 heterocycles. The lowest BCUT2D eigenvalue weighted by molar-refractivity contribution is -0.118. The first-order chi connectivity index (χ1) is 10.4. The minimum Gasteiger partial charge on any atom is -0.497 e. The van der Waals surface area contributed by atoms with Crippen molar-refractivity contribution < 1.29 is 9.53 Å². The van der Waals surface area contributed by atoms with Crippen LogP contribution in [0.1, 0.15) is 13.8 Å². The molecule has 1 aromatic carbocycles. The van der Waals surface area contributed by atoms with E-state index in [1.807, 2.05) is 0 Å². The molecule has 1 aromatic rings. The normalized spacial score (nSPS) is 10.8. The molecule has 0 aromatic heterocycles. The molecule has 8 nitrogen and oxygen atoms in total. The maximum Gasteiger partial charge on any atom is 0.226 e. The Labute approximate surface area is 128 Å². The highest BCUT2D eigenvalue weighted by Crippen LogP contribution is 2.27. The average molecular weight is 302 g/mol. The van der Waals surface area contributed by atoms with Crippen molar-refractivity contribution in [1.82, 2.24) is 0 Å². The molecule has 0 bridgehead atoms. The quantitative estimate of drug-likeness (QED) is 0.359. The van der Waals surface area contributed by atoms with Crippen molar-refractivity contribution in [3.63, 3.8) is 0 Å². The van der Waals surface area contributed by atoms with Gasteiger partial charge in [0, 0.05) is 12.0 Å². The van der Waals surface area contributed by atoms with Crippen molar-refractivity contribution in [2.24, 2.45) is 16.8 Å². The van der Waals surface area contributed by atoms with Gasteiger partial charge in [0.2, 0.25) is 11.6 Å². The van der Waals surface area contributed by atoms with E-state index < -0.39 is 5.84 Å². The topological polar surface area (TPSA) is 136 Å². The summed E-state index contributed by atoms with van der Waals surface area (Å²) < 4.78 is 5.12. The Morgan fingerprint density at radius 2 is 2.14 bits per heavy atom. The van der Waals surface area contributed by atoms with Crippen LogP contribution < -0.4 is 21.2 Å². The lowest BCUT2D eigenvalue weighted by atomic mass is 10.2. The Morgan fingerprint density at radius 1 is 1.45 bits per heavy atom. The molecular formula is C14H18N6O2. The van der Waals surface area contributed by atoms with Gasteiger partial charge < -0.3 is 15.8 Å². The van der Waals surface area contributed by atoms with Crippen LogP contribution in [-0.4, -0.2) is 24.6 Å². The van der Waals surface area contributed by atoms with Gasteiger partial charge in [-0.1, -0.05) is 13.8 Å². The molecule has 8 heteroatoms. The van der Waals surface area contributed by atoms with E-state index in [0.717, 1.165) is 0 Å². The van der Waals surface area contributed by atoms with E-state index in [0.29, 0.717) is 17.1 Å².